The maximum absolute atomic E-state index is 13.4. The van der Waals surface area contributed by atoms with Crippen molar-refractivity contribution in [2.75, 3.05) is 11.1 Å². The maximum atomic E-state index is 13.4. The van der Waals surface area contributed by atoms with E-state index in [0.717, 1.165) is 16.8 Å². The number of anilines is 1. The summed E-state index contributed by atoms with van der Waals surface area (Å²) in [6.07, 6.45) is 0. The monoisotopic (exact) mass is 393 g/mol. The van der Waals surface area contributed by atoms with Crippen molar-refractivity contribution < 1.29 is 14.3 Å². The zero-order chi connectivity index (χ0) is 19.5. The van der Waals surface area contributed by atoms with Crippen molar-refractivity contribution in [3.8, 4) is 5.75 Å². The lowest BCUT2D eigenvalue weighted by Gasteiger charge is -2.49. The Hall–Kier alpha value is -2.80. The van der Waals surface area contributed by atoms with E-state index in [1.54, 1.807) is 4.90 Å². The van der Waals surface area contributed by atoms with Crippen LogP contribution in [0.4, 0.5) is 5.69 Å². The molecule has 0 spiro atoms. The summed E-state index contributed by atoms with van der Waals surface area (Å²) in [4.78, 5) is 32.5. The number of nitrogens with zero attached hydrogens (tertiary/aromatic N) is 2. The van der Waals surface area contributed by atoms with E-state index in [4.69, 9.17) is 9.73 Å². The summed E-state index contributed by atoms with van der Waals surface area (Å²) < 4.78 is 6.24. The number of para-hydroxylation sites is 2. The van der Waals surface area contributed by atoms with Crippen molar-refractivity contribution >= 4 is 34.4 Å². The number of hydrogen-bond acceptors (Lipinski definition) is 5. The number of carbonyl (C=O) groups is 2. The summed E-state index contributed by atoms with van der Waals surface area (Å²) in [5.74, 6) is 0.112. The predicted octanol–water partition coefficient (Wildman–Crippen LogP) is 3.34. The minimum Gasteiger partial charge on any atom is -0.465 e. The highest BCUT2D eigenvalue weighted by atomic mass is 32.2. The number of carbonyl (C=O) groups excluding carboxylic acids is 2. The largest absolute Gasteiger partial charge is 0.465 e. The van der Waals surface area contributed by atoms with Crippen LogP contribution < -0.4 is 10.1 Å². The van der Waals surface area contributed by atoms with E-state index in [1.165, 1.54) is 11.8 Å². The first-order valence-corrected chi connectivity index (χ1v) is 10.2. The molecule has 0 aromatic heterocycles. The minimum atomic E-state index is -1.07. The summed E-state index contributed by atoms with van der Waals surface area (Å²) in [7, 11) is 0. The number of hydrogen-bond donors (Lipinski definition) is 1. The number of amidine groups is 1. The molecule has 1 N–H and O–H groups in total. The maximum Gasteiger partial charge on any atom is 0.239 e. The molecule has 2 aromatic carbocycles. The molecule has 142 valence electrons. The van der Waals surface area contributed by atoms with E-state index < -0.39 is 17.7 Å². The van der Waals surface area contributed by atoms with Crippen molar-refractivity contribution in [1.82, 2.24) is 4.90 Å². The Labute approximate surface area is 167 Å². The normalized spacial score (nSPS) is 27.4. The Morgan fingerprint density at radius 1 is 1.25 bits per heavy atom. The van der Waals surface area contributed by atoms with E-state index in [1.807, 2.05) is 62.4 Å². The van der Waals surface area contributed by atoms with Gasteiger partial charge < -0.3 is 10.1 Å². The molecule has 2 amide bonds. The van der Waals surface area contributed by atoms with Crippen molar-refractivity contribution in [1.29, 1.82) is 0 Å². The second kappa shape index (κ2) is 6.10. The number of nitrogens with one attached hydrogen (secondary N) is 1. The Kier molecular flexibility index (Phi) is 3.77. The topological polar surface area (TPSA) is 71.0 Å². The fourth-order valence-electron chi connectivity index (χ4n) is 4.19. The zero-order valence-corrected chi connectivity index (χ0v) is 16.3. The third kappa shape index (κ3) is 2.46. The van der Waals surface area contributed by atoms with Crippen LogP contribution in [0.1, 0.15) is 24.1 Å². The van der Waals surface area contributed by atoms with Crippen LogP contribution >= 0.6 is 11.8 Å². The number of aliphatic imine (C=N–C) groups is 1. The van der Waals surface area contributed by atoms with Gasteiger partial charge in [0.25, 0.3) is 0 Å². The molecule has 0 aliphatic carbocycles. The molecule has 0 unspecified atom stereocenters. The van der Waals surface area contributed by atoms with Gasteiger partial charge in [-0.05, 0) is 31.5 Å². The summed E-state index contributed by atoms with van der Waals surface area (Å²) in [6, 6.07) is 14.8. The molecule has 3 aliphatic heterocycles. The van der Waals surface area contributed by atoms with Crippen LogP contribution in [0.3, 0.4) is 0 Å². The summed E-state index contributed by atoms with van der Waals surface area (Å²) in [6.45, 7) is 3.77. The minimum absolute atomic E-state index is 0.0267. The van der Waals surface area contributed by atoms with Gasteiger partial charge in [-0.3, -0.25) is 14.5 Å². The lowest BCUT2D eigenvalue weighted by Crippen LogP contribution is -2.59. The fraction of sp³-hybridized carbons (Fsp3) is 0.286. The number of fused-ring (bicyclic) bond motifs is 6. The van der Waals surface area contributed by atoms with E-state index in [0.29, 0.717) is 16.7 Å². The third-order valence-corrected chi connectivity index (χ3v) is 6.47. The first-order chi connectivity index (χ1) is 13.5. The Bertz CT molecular complexity index is 1040. The highest BCUT2D eigenvalue weighted by Crippen LogP contribution is 2.52. The summed E-state index contributed by atoms with van der Waals surface area (Å²) in [5, 5.41) is 3.66. The van der Waals surface area contributed by atoms with Crippen molar-refractivity contribution in [2.24, 2.45) is 10.9 Å². The molecule has 1 saturated heterocycles. The fourth-order valence-corrected chi connectivity index (χ4v) is 5.18. The van der Waals surface area contributed by atoms with Gasteiger partial charge in [0.2, 0.25) is 17.5 Å². The Balaban J connectivity index is 1.62. The third-order valence-electron chi connectivity index (χ3n) is 5.53. The van der Waals surface area contributed by atoms with Crippen LogP contribution in [-0.4, -0.2) is 33.4 Å². The molecule has 28 heavy (non-hydrogen) atoms. The molecule has 2 bridgehead atoms. The van der Waals surface area contributed by atoms with Gasteiger partial charge in [-0.2, -0.15) is 0 Å². The predicted molar refractivity (Wildman–Crippen MR) is 108 cm³/mol. The average Bonchev–Trinajstić information content (AvgIpc) is 3.02. The standard InChI is InChI=1S/C21H19N3O3S/c1-12-7-3-5-9-14(12)22-19(26)17-18-13-8-4-6-10-15(13)27-21(17,2)23-20-24(18)16(25)11-28-20/h3-10,17-18H,11H2,1-2H3,(H,22,26)/t17-,18+,21+/m1/s1. The van der Waals surface area contributed by atoms with Crippen molar-refractivity contribution in [3.63, 3.8) is 0 Å². The van der Waals surface area contributed by atoms with Gasteiger partial charge in [0.05, 0.1) is 11.8 Å². The highest BCUT2D eigenvalue weighted by molar-refractivity contribution is 8.15. The number of rotatable bonds is 2. The number of thioether (sulfide) groups is 1. The number of ether oxygens (including phenoxy) is 1. The van der Waals surface area contributed by atoms with Crippen LogP contribution in [0.15, 0.2) is 53.5 Å². The van der Waals surface area contributed by atoms with Gasteiger partial charge in [-0.15, -0.1) is 0 Å². The molecule has 2 aromatic rings. The number of amides is 2. The van der Waals surface area contributed by atoms with E-state index >= 15 is 0 Å². The number of benzene rings is 2. The lowest BCUT2D eigenvalue weighted by molar-refractivity contribution is -0.139. The molecular formula is C21H19N3O3S. The molecule has 3 heterocycles. The molecular weight excluding hydrogens is 374 g/mol. The second-order valence-electron chi connectivity index (χ2n) is 7.37. The van der Waals surface area contributed by atoms with Gasteiger partial charge in [0.1, 0.15) is 11.7 Å². The van der Waals surface area contributed by atoms with Gasteiger partial charge in [0.15, 0.2) is 5.17 Å². The van der Waals surface area contributed by atoms with Crippen LogP contribution in [0.25, 0.3) is 0 Å². The van der Waals surface area contributed by atoms with Gasteiger partial charge in [-0.25, -0.2) is 4.99 Å². The lowest BCUT2D eigenvalue weighted by atomic mass is 9.79. The first-order valence-electron chi connectivity index (χ1n) is 9.17. The molecule has 7 heteroatoms. The highest BCUT2D eigenvalue weighted by Gasteiger charge is 2.59. The molecule has 0 radical (unpaired) electrons. The van der Waals surface area contributed by atoms with E-state index in [2.05, 4.69) is 5.32 Å². The molecule has 3 atom stereocenters. The van der Waals surface area contributed by atoms with Crippen LogP contribution in [0.2, 0.25) is 0 Å². The summed E-state index contributed by atoms with van der Waals surface area (Å²) >= 11 is 1.40. The molecule has 0 saturated carbocycles. The molecule has 6 nitrogen and oxygen atoms in total. The number of aryl methyl sites for hydroxylation is 1. The van der Waals surface area contributed by atoms with Crippen molar-refractivity contribution in [2.45, 2.75) is 25.6 Å². The van der Waals surface area contributed by atoms with E-state index in [9.17, 15) is 9.59 Å². The quantitative estimate of drug-likeness (QED) is 0.850. The van der Waals surface area contributed by atoms with Crippen molar-refractivity contribution in [3.05, 3.63) is 59.7 Å². The second-order valence-corrected chi connectivity index (χ2v) is 8.31. The molecule has 3 aliphatic rings. The molecule has 5 rings (SSSR count). The summed E-state index contributed by atoms with van der Waals surface area (Å²) in [5.41, 5.74) is 1.49. The van der Waals surface area contributed by atoms with Crippen LogP contribution in [0, 0.1) is 12.8 Å². The first kappa shape index (κ1) is 17.3. The van der Waals surface area contributed by atoms with Gasteiger partial charge >= 0.3 is 0 Å². The average molecular weight is 393 g/mol. The SMILES string of the molecule is Cc1ccccc1NC(=O)[C@H]1[C@@H]2c3ccccc3O[C@]1(C)N=C1SCC(=O)N12. The van der Waals surface area contributed by atoms with Crippen LogP contribution in [0.5, 0.6) is 5.75 Å². The Morgan fingerprint density at radius 3 is 2.82 bits per heavy atom. The van der Waals surface area contributed by atoms with Crippen LogP contribution in [-0.2, 0) is 9.59 Å². The van der Waals surface area contributed by atoms with Gasteiger partial charge in [0, 0.05) is 11.3 Å². The molecule has 1 fully saturated rings. The Morgan fingerprint density at radius 2 is 2.00 bits per heavy atom. The van der Waals surface area contributed by atoms with Gasteiger partial charge in [-0.1, -0.05) is 48.2 Å². The smallest absolute Gasteiger partial charge is 0.239 e. The zero-order valence-electron chi connectivity index (χ0n) is 15.5. The van der Waals surface area contributed by atoms with E-state index in [-0.39, 0.29) is 11.8 Å².